The van der Waals surface area contributed by atoms with Gasteiger partial charge in [-0.1, -0.05) is 27.7 Å². The van der Waals surface area contributed by atoms with E-state index in [1.807, 2.05) is 0 Å². The topological polar surface area (TPSA) is 29.3 Å². The Morgan fingerprint density at radius 1 is 1.24 bits per heavy atom. The molecule has 0 aromatic rings. The molecule has 0 aromatic carbocycles. The Kier molecular flexibility index (Phi) is 3.84. The van der Waals surface area contributed by atoms with Gasteiger partial charge < -0.3 is 5.73 Å². The molecule has 0 amide bonds. The molecule has 2 fully saturated rings. The Hall–Kier alpha value is -0.0800. The molecule has 2 atom stereocenters. The van der Waals surface area contributed by atoms with E-state index in [-0.39, 0.29) is 0 Å². The molecule has 2 rings (SSSR count). The Bertz CT molecular complexity index is 256. The minimum Gasteiger partial charge on any atom is -0.326 e. The van der Waals surface area contributed by atoms with Crippen molar-refractivity contribution in [2.24, 2.45) is 17.1 Å². The van der Waals surface area contributed by atoms with Crippen LogP contribution in [0.4, 0.5) is 0 Å². The molecule has 2 nitrogen and oxygen atoms in total. The molecule has 2 heteroatoms. The van der Waals surface area contributed by atoms with E-state index in [4.69, 9.17) is 5.73 Å². The van der Waals surface area contributed by atoms with Crippen molar-refractivity contribution in [2.45, 2.75) is 77.9 Å². The molecular formula is C15H30N2. The van der Waals surface area contributed by atoms with Crippen molar-refractivity contribution in [1.29, 1.82) is 0 Å². The molecule has 0 heterocycles. The Balaban J connectivity index is 1.97. The van der Waals surface area contributed by atoms with Gasteiger partial charge in [0.25, 0.3) is 0 Å². The predicted molar refractivity (Wildman–Crippen MR) is 74.0 cm³/mol. The van der Waals surface area contributed by atoms with Crippen LogP contribution in [0.2, 0.25) is 0 Å². The molecule has 0 aliphatic heterocycles. The quantitative estimate of drug-likeness (QED) is 0.798. The average molecular weight is 238 g/mol. The van der Waals surface area contributed by atoms with E-state index >= 15 is 0 Å². The number of nitrogens with two attached hydrogens (primary N) is 1. The molecule has 100 valence electrons. The van der Waals surface area contributed by atoms with Crippen LogP contribution in [0.5, 0.6) is 0 Å². The number of hydrogen-bond donors (Lipinski definition) is 1. The third kappa shape index (κ3) is 3.03. The lowest BCUT2D eigenvalue weighted by Gasteiger charge is -2.35. The highest BCUT2D eigenvalue weighted by Gasteiger charge is 2.45. The maximum Gasteiger partial charge on any atom is 0.0255 e. The standard InChI is InChI=1S/C15H30N2/c1-11(2)8-10-17(12-5-6-12)13-7-9-15(3,4)14(13)16/h11-14H,5-10,16H2,1-4H3. The predicted octanol–water partition coefficient (Wildman–Crippen LogP) is 3.01. The lowest BCUT2D eigenvalue weighted by Crippen LogP contribution is -2.50. The van der Waals surface area contributed by atoms with E-state index in [0.717, 1.165) is 12.0 Å². The minimum absolute atomic E-state index is 0.343. The molecule has 0 radical (unpaired) electrons. The van der Waals surface area contributed by atoms with Gasteiger partial charge in [0.15, 0.2) is 0 Å². The fourth-order valence-corrected chi connectivity index (χ4v) is 3.19. The fraction of sp³-hybridized carbons (Fsp3) is 1.00. The van der Waals surface area contributed by atoms with E-state index in [1.165, 1.54) is 38.6 Å². The Morgan fingerprint density at radius 3 is 2.29 bits per heavy atom. The molecule has 0 bridgehead atoms. The summed E-state index contributed by atoms with van der Waals surface area (Å²) in [5.41, 5.74) is 6.83. The van der Waals surface area contributed by atoms with Crippen LogP contribution in [0.3, 0.4) is 0 Å². The summed E-state index contributed by atoms with van der Waals surface area (Å²) in [4.78, 5) is 2.75. The summed E-state index contributed by atoms with van der Waals surface area (Å²) in [5, 5.41) is 0. The Morgan fingerprint density at radius 2 is 1.88 bits per heavy atom. The normalized spacial score (nSPS) is 32.6. The van der Waals surface area contributed by atoms with Gasteiger partial charge in [-0.05, 0) is 50.0 Å². The first-order valence-electron chi connectivity index (χ1n) is 7.43. The van der Waals surface area contributed by atoms with Crippen molar-refractivity contribution >= 4 is 0 Å². The highest BCUT2D eigenvalue weighted by atomic mass is 15.2. The van der Waals surface area contributed by atoms with E-state index in [9.17, 15) is 0 Å². The van der Waals surface area contributed by atoms with Crippen LogP contribution < -0.4 is 5.73 Å². The average Bonchev–Trinajstić information content (AvgIpc) is 3.01. The van der Waals surface area contributed by atoms with E-state index in [0.29, 0.717) is 17.5 Å². The van der Waals surface area contributed by atoms with Gasteiger partial charge in [-0.15, -0.1) is 0 Å². The molecule has 2 saturated carbocycles. The molecule has 2 N–H and O–H groups in total. The van der Waals surface area contributed by atoms with E-state index in [2.05, 4.69) is 32.6 Å². The van der Waals surface area contributed by atoms with Crippen LogP contribution in [0.25, 0.3) is 0 Å². The van der Waals surface area contributed by atoms with Gasteiger partial charge in [-0.3, -0.25) is 4.90 Å². The third-order valence-corrected chi connectivity index (χ3v) is 4.81. The molecular weight excluding hydrogens is 208 g/mol. The monoisotopic (exact) mass is 238 g/mol. The van der Waals surface area contributed by atoms with Gasteiger partial charge in [-0.2, -0.15) is 0 Å². The van der Waals surface area contributed by atoms with Crippen molar-refractivity contribution in [1.82, 2.24) is 4.90 Å². The molecule has 2 unspecified atom stereocenters. The molecule has 17 heavy (non-hydrogen) atoms. The van der Waals surface area contributed by atoms with E-state index in [1.54, 1.807) is 0 Å². The lowest BCUT2D eigenvalue weighted by atomic mass is 9.87. The van der Waals surface area contributed by atoms with Gasteiger partial charge in [-0.25, -0.2) is 0 Å². The maximum absolute atomic E-state index is 6.49. The van der Waals surface area contributed by atoms with Crippen molar-refractivity contribution in [3.63, 3.8) is 0 Å². The van der Waals surface area contributed by atoms with Crippen molar-refractivity contribution in [2.75, 3.05) is 6.54 Å². The molecule has 0 aromatic heterocycles. The zero-order valence-corrected chi connectivity index (χ0v) is 12.1. The van der Waals surface area contributed by atoms with E-state index < -0.39 is 0 Å². The largest absolute Gasteiger partial charge is 0.326 e. The maximum atomic E-state index is 6.49. The van der Waals surface area contributed by atoms with Gasteiger partial charge in [0.2, 0.25) is 0 Å². The van der Waals surface area contributed by atoms with Crippen LogP contribution in [0, 0.1) is 11.3 Å². The highest BCUT2D eigenvalue weighted by Crippen LogP contribution is 2.42. The highest BCUT2D eigenvalue weighted by molar-refractivity contribution is 5.02. The smallest absolute Gasteiger partial charge is 0.0255 e. The summed E-state index contributed by atoms with van der Waals surface area (Å²) in [6.45, 7) is 10.6. The second kappa shape index (κ2) is 4.89. The first kappa shape index (κ1) is 13.4. The third-order valence-electron chi connectivity index (χ3n) is 4.81. The summed E-state index contributed by atoms with van der Waals surface area (Å²) in [6, 6.07) is 1.88. The second-order valence-electron chi connectivity index (χ2n) is 7.27. The van der Waals surface area contributed by atoms with Crippen LogP contribution >= 0.6 is 0 Å². The van der Waals surface area contributed by atoms with Crippen LogP contribution in [0.15, 0.2) is 0 Å². The van der Waals surface area contributed by atoms with Gasteiger partial charge in [0.05, 0.1) is 0 Å². The first-order valence-corrected chi connectivity index (χ1v) is 7.43. The van der Waals surface area contributed by atoms with Crippen molar-refractivity contribution < 1.29 is 0 Å². The molecule has 2 aliphatic carbocycles. The molecule has 0 spiro atoms. The number of hydrogen-bond acceptors (Lipinski definition) is 2. The molecule has 2 aliphatic rings. The van der Waals surface area contributed by atoms with Crippen molar-refractivity contribution in [3.05, 3.63) is 0 Å². The summed E-state index contributed by atoms with van der Waals surface area (Å²) in [5.74, 6) is 0.807. The Labute approximate surface area is 107 Å². The zero-order valence-electron chi connectivity index (χ0n) is 12.1. The van der Waals surface area contributed by atoms with Gasteiger partial charge >= 0.3 is 0 Å². The van der Waals surface area contributed by atoms with Crippen LogP contribution in [0.1, 0.15) is 59.8 Å². The number of rotatable bonds is 5. The summed E-state index contributed by atoms with van der Waals surface area (Å²) in [7, 11) is 0. The first-order chi connectivity index (χ1) is 7.92. The second-order valence-corrected chi connectivity index (χ2v) is 7.27. The lowest BCUT2D eigenvalue weighted by molar-refractivity contribution is 0.148. The van der Waals surface area contributed by atoms with Crippen molar-refractivity contribution in [3.8, 4) is 0 Å². The minimum atomic E-state index is 0.343. The van der Waals surface area contributed by atoms with Gasteiger partial charge in [0.1, 0.15) is 0 Å². The summed E-state index contributed by atoms with van der Waals surface area (Å²) >= 11 is 0. The molecule has 0 saturated heterocycles. The summed E-state index contributed by atoms with van der Waals surface area (Å²) in [6.07, 6.45) is 6.73. The zero-order chi connectivity index (χ0) is 12.6. The SMILES string of the molecule is CC(C)CCN(C1CC1)C1CCC(C)(C)C1N. The summed E-state index contributed by atoms with van der Waals surface area (Å²) < 4.78 is 0. The van der Waals surface area contributed by atoms with Gasteiger partial charge in [0, 0.05) is 18.1 Å². The fourth-order valence-electron chi connectivity index (χ4n) is 3.19. The van der Waals surface area contributed by atoms with Crippen LogP contribution in [-0.4, -0.2) is 29.6 Å². The van der Waals surface area contributed by atoms with Crippen LogP contribution in [-0.2, 0) is 0 Å². The number of nitrogens with zero attached hydrogens (tertiary/aromatic N) is 1.